The molecular formula is C5H7MoN2O2S2. The maximum absolute atomic E-state index is 8.50. The average Bonchev–Trinajstić information content (AvgIpc) is 2.40. The summed E-state index contributed by atoms with van der Waals surface area (Å²) in [5.74, 6) is 0. The molecule has 67 valence electrons. The van der Waals surface area contributed by atoms with Gasteiger partial charge in [-0.25, -0.2) is 0 Å². The molecule has 1 aliphatic rings. The SMILES string of the molecule is S=C([S-])NN1C=CCC1.[O]=[Mo+]=[O]. The van der Waals surface area contributed by atoms with Crippen LogP contribution in [0.15, 0.2) is 12.3 Å². The van der Waals surface area contributed by atoms with Crippen molar-refractivity contribution in [2.45, 2.75) is 6.42 Å². The Morgan fingerprint density at radius 2 is 2.25 bits per heavy atom. The third kappa shape index (κ3) is 6.64. The summed E-state index contributed by atoms with van der Waals surface area (Å²) in [6.07, 6.45) is 5.09. The van der Waals surface area contributed by atoms with Gasteiger partial charge in [-0.3, -0.25) is 5.01 Å². The molecule has 7 heteroatoms. The van der Waals surface area contributed by atoms with Crippen LogP contribution < -0.4 is 5.43 Å². The molecule has 1 aliphatic heterocycles. The van der Waals surface area contributed by atoms with Gasteiger partial charge < -0.3 is 30.3 Å². The van der Waals surface area contributed by atoms with Gasteiger partial charge in [0.2, 0.25) is 0 Å². The Morgan fingerprint density at radius 3 is 2.58 bits per heavy atom. The van der Waals surface area contributed by atoms with Gasteiger partial charge in [-0.15, -0.1) is 0 Å². The summed E-state index contributed by atoms with van der Waals surface area (Å²) in [4.78, 5) is 0. The van der Waals surface area contributed by atoms with E-state index < -0.39 is 18.5 Å². The molecule has 1 heterocycles. The minimum atomic E-state index is -2.03. The Bertz CT molecular complexity index is 215. The van der Waals surface area contributed by atoms with Crippen molar-refractivity contribution in [2.75, 3.05) is 6.54 Å². The maximum atomic E-state index is 8.50. The standard InChI is InChI=1S/C5H8N2S2.Mo.2O/c8-5(9)6-7-3-1-2-4-7;;;/h1,3H,2,4H2,(H2,6,8,9);;;/q;+1;;/p-1. The first kappa shape index (κ1) is 11.9. The third-order valence-electron chi connectivity index (χ3n) is 1.06. The van der Waals surface area contributed by atoms with Gasteiger partial charge in [-0.1, -0.05) is 6.08 Å². The number of nitrogens with one attached hydrogen (secondary N) is 1. The fourth-order valence-corrected chi connectivity index (χ4v) is 0.935. The van der Waals surface area contributed by atoms with Crippen LogP contribution in [0.4, 0.5) is 0 Å². The minimum absolute atomic E-state index is 0.404. The second-order valence-corrected chi connectivity index (χ2v) is 3.24. The fraction of sp³-hybridized carbons (Fsp3) is 0.400. The van der Waals surface area contributed by atoms with Crippen LogP contribution in [-0.4, -0.2) is 15.9 Å². The summed E-state index contributed by atoms with van der Waals surface area (Å²) in [6.45, 7) is 0.969. The Kier molecular flexibility index (Phi) is 7.54. The Labute approximate surface area is 89.9 Å². The topological polar surface area (TPSA) is 49.4 Å². The van der Waals surface area contributed by atoms with E-state index in [4.69, 9.17) is 6.80 Å². The molecule has 0 saturated heterocycles. The van der Waals surface area contributed by atoms with Gasteiger partial charge in [0, 0.05) is 12.7 Å². The average molecular weight is 287 g/mol. The van der Waals surface area contributed by atoms with Gasteiger partial charge in [0.25, 0.3) is 0 Å². The molecule has 0 aromatic rings. The van der Waals surface area contributed by atoms with E-state index in [1.807, 2.05) is 11.2 Å². The second-order valence-electron chi connectivity index (χ2n) is 1.83. The molecule has 0 radical (unpaired) electrons. The van der Waals surface area contributed by atoms with Crippen molar-refractivity contribution in [3.05, 3.63) is 12.3 Å². The monoisotopic (exact) mass is 289 g/mol. The van der Waals surface area contributed by atoms with E-state index in [1.54, 1.807) is 0 Å². The predicted octanol–water partition coefficient (Wildman–Crippen LogP) is 0.302. The van der Waals surface area contributed by atoms with E-state index in [2.05, 4.69) is 36.3 Å². The van der Waals surface area contributed by atoms with Crippen LogP contribution in [0, 0.1) is 0 Å². The molecule has 1 N–H and O–H groups in total. The molecule has 0 fully saturated rings. The first-order chi connectivity index (χ1) is 5.70. The Hall–Kier alpha value is -0.0617. The van der Waals surface area contributed by atoms with E-state index >= 15 is 0 Å². The number of nitrogens with zero attached hydrogens (tertiary/aromatic N) is 1. The molecule has 4 nitrogen and oxygen atoms in total. The van der Waals surface area contributed by atoms with Gasteiger partial charge in [0.15, 0.2) is 0 Å². The van der Waals surface area contributed by atoms with Crippen LogP contribution in [0.3, 0.4) is 0 Å². The number of thiocarbonyl (C=S) groups is 1. The molecule has 0 saturated carbocycles. The molecule has 0 aliphatic carbocycles. The fourth-order valence-electron chi connectivity index (χ4n) is 0.700. The summed E-state index contributed by atoms with van der Waals surface area (Å²) < 4.78 is 17.4. The summed E-state index contributed by atoms with van der Waals surface area (Å²) in [5, 5.41) is 1.88. The third-order valence-corrected chi connectivity index (χ3v) is 1.24. The molecule has 0 amide bonds. The molecule has 0 atom stereocenters. The van der Waals surface area contributed by atoms with Crippen molar-refractivity contribution in [3.63, 3.8) is 0 Å². The van der Waals surface area contributed by atoms with Crippen molar-refractivity contribution in [3.8, 4) is 0 Å². The summed E-state index contributed by atoms with van der Waals surface area (Å²) in [6, 6.07) is 0. The summed E-state index contributed by atoms with van der Waals surface area (Å²) in [5.41, 5.74) is 2.83. The number of hydrogen-bond acceptors (Lipinski definition) is 5. The van der Waals surface area contributed by atoms with Crippen LogP contribution in [0.5, 0.6) is 0 Å². The van der Waals surface area contributed by atoms with Crippen LogP contribution in [0.2, 0.25) is 0 Å². The molecule has 0 aromatic heterocycles. The zero-order valence-electron chi connectivity index (χ0n) is 6.06. The normalized spacial score (nSPS) is 12.8. The van der Waals surface area contributed by atoms with E-state index in [-0.39, 0.29) is 0 Å². The van der Waals surface area contributed by atoms with Gasteiger partial charge in [-0.05, 0) is 10.7 Å². The van der Waals surface area contributed by atoms with Crippen LogP contribution in [-0.2, 0) is 37.9 Å². The van der Waals surface area contributed by atoms with Crippen molar-refractivity contribution in [1.82, 2.24) is 10.4 Å². The second kappa shape index (κ2) is 7.58. The van der Waals surface area contributed by atoms with Crippen molar-refractivity contribution in [2.24, 2.45) is 0 Å². The van der Waals surface area contributed by atoms with Crippen LogP contribution >= 0.6 is 12.2 Å². The van der Waals surface area contributed by atoms with E-state index in [0.29, 0.717) is 4.32 Å². The number of hydrogen-bond donors (Lipinski definition) is 1. The summed E-state index contributed by atoms with van der Waals surface area (Å²) >= 11 is 7.29. The molecule has 12 heavy (non-hydrogen) atoms. The number of hydrazine groups is 1. The van der Waals surface area contributed by atoms with Gasteiger partial charge in [-0.2, -0.15) is 0 Å². The first-order valence-corrected chi connectivity index (χ1v) is 5.49. The first-order valence-electron chi connectivity index (χ1n) is 3.03. The molecule has 0 spiro atoms. The zero-order chi connectivity index (χ0) is 9.40. The van der Waals surface area contributed by atoms with Gasteiger partial charge in [0.1, 0.15) is 0 Å². The molecule has 0 unspecified atom stereocenters. The van der Waals surface area contributed by atoms with Crippen LogP contribution in [0.25, 0.3) is 0 Å². The van der Waals surface area contributed by atoms with E-state index in [0.717, 1.165) is 13.0 Å². The van der Waals surface area contributed by atoms with Crippen molar-refractivity contribution < 1.29 is 25.3 Å². The van der Waals surface area contributed by atoms with Gasteiger partial charge >= 0.3 is 25.3 Å². The molecule has 0 bridgehead atoms. The van der Waals surface area contributed by atoms with Crippen molar-refractivity contribution in [1.29, 1.82) is 0 Å². The Balaban J connectivity index is 0.000000354. The molecule has 1 rings (SSSR count). The summed E-state index contributed by atoms with van der Waals surface area (Å²) in [7, 11) is 0. The van der Waals surface area contributed by atoms with E-state index in [9.17, 15) is 0 Å². The molecule has 0 aromatic carbocycles. The Morgan fingerprint density at radius 1 is 1.67 bits per heavy atom. The van der Waals surface area contributed by atoms with E-state index in [1.165, 1.54) is 0 Å². The quantitative estimate of drug-likeness (QED) is 0.425. The van der Waals surface area contributed by atoms with Gasteiger partial charge in [0.05, 0.1) is 0 Å². The number of rotatable bonds is 1. The van der Waals surface area contributed by atoms with Crippen LogP contribution in [0.1, 0.15) is 6.42 Å². The van der Waals surface area contributed by atoms with Crippen molar-refractivity contribution >= 4 is 29.2 Å². The predicted molar refractivity (Wildman–Crippen MR) is 44.9 cm³/mol. The zero-order valence-corrected chi connectivity index (χ0v) is 9.70. The molecular weight excluding hydrogens is 280 g/mol.